The summed E-state index contributed by atoms with van der Waals surface area (Å²) in [6.45, 7) is 5.64. The Balaban J connectivity index is 1.44. The van der Waals surface area contributed by atoms with Crippen LogP contribution in [0, 0.1) is 5.92 Å². The van der Waals surface area contributed by atoms with Crippen molar-refractivity contribution >= 4 is 5.97 Å². The highest BCUT2D eigenvalue weighted by atomic mass is 16.4. The summed E-state index contributed by atoms with van der Waals surface area (Å²) in [6, 6.07) is 0.871. The Morgan fingerprint density at radius 1 is 1.20 bits per heavy atom. The molecule has 3 rings (SSSR count). The van der Waals surface area contributed by atoms with Gasteiger partial charge in [-0.2, -0.15) is 0 Å². The average Bonchev–Trinajstić information content (AvgIpc) is 3.21. The predicted molar refractivity (Wildman–Crippen MR) is 77.5 cm³/mol. The lowest BCUT2D eigenvalue weighted by Gasteiger charge is -2.36. The van der Waals surface area contributed by atoms with E-state index in [1.807, 2.05) is 0 Å². The Bertz CT molecular complexity index is 364. The zero-order valence-electron chi connectivity index (χ0n) is 12.3. The lowest BCUT2D eigenvalue weighted by atomic mass is 9.85. The van der Waals surface area contributed by atoms with Gasteiger partial charge in [0.05, 0.1) is 0 Å². The normalized spacial score (nSPS) is 36.4. The van der Waals surface area contributed by atoms with Gasteiger partial charge < -0.3 is 15.7 Å². The van der Waals surface area contributed by atoms with E-state index in [0.717, 1.165) is 44.9 Å². The van der Waals surface area contributed by atoms with E-state index < -0.39 is 11.5 Å². The van der Waals surface area contributed by atoms with Gasteiger partial charge in [-0.15, -0.1) is 0 Å². The maximum atomic E-state index is 11.4. The zero-order chi connectivity index (χ0) is 14.2. The van der Waals surface area contributed by atoms with Crippen LogP contribution in [0.15, 0.2) is 0 Å². The molecule has 3 aliphatic rings. The van der Waals surface area contributed by atoms with Gasteiger partial charge >= 0.3 is 5.97 Å². The number of carboxylic acids is 1. The number of nitrogens with zero attached hydrogens (tertiary/aromatic N) is 2. The molecule has 114 valence electrons. The van der Waals surface area contributed by atoms with Crippen molar-refractivity contribution in [2.24, 2.45) is 11.7 Å². The van der Waals surface area contributed by atoms with Crippen LogP contribution in [-0.2, 0) is 4.79 Å². The third-order valence-electron chi connectivity index (χ3n) is 5.53. The highest BCUT2D eigenvalue weighted by Crippen LogP contribution is 2.36. The smallest absolute Gasteiger partial charge is 0.323 e. The molecule has 0 amide bonds. The van der Waals surface area contributed by atoms with Crippen LogP contribution >= 0.6 is 0 Å². The van der Waals surface area contributed by atoms with Crippen LogP contribution in [0.1, 0.15) is 38.5 Å². The molecular formula is C15H27N3O2. The van der Waals surface area contributed by atoms with Crippen molar-refractivity contribution in [1.29, 1.82) is 0 Å². The summed E-state index contributed by atoms with van der Waals surface area (Å²) in [5.41, 5.74) is 5.14. The molecule has 2 saturated carbocycles. The molecule has 0 aromatic carbocycles. The van der Waals surface area contributed by atoms with Gasteiger partial charge in [0, 0.05) is 32.2 Å². The summed E-state index contributed by atoms with van der Waals surface area (Å²) >= 11 is 0. The third kappa shape index (κ3) is 2.85. The van der Waals surface area contributed by atoms with E-state index in [2.05, 4.69) is 9.80 Å². The fraction of sp³-hybridized carbons (Fsp3) is 0.933. The van der Waals surface area contributed by atoms with Gasteiger partial charge in [0.2, 0.25) is 0 Å². The standard InChI is InChI=1S/C15H27N3O2/c16-15(14(19)20)6-1-2-12(15)5-7-17-8-10-18(11-9-17)13-3-4-13/h12-13H,1-11,16H2,(H,19,20). The highest BCUT2D eigenvalue weighted by Gasteiger charge is 2.45. The van der Waals surface area contributed by atoms with Crippen LogP contribution in [0.4, 0.5) is 0 Å². The summed E-state index contributed by atoms with van der Waals surface area (Å²) in [5.74, 6) is -0.653. The van der Waals surface area contributed by atoms with Gasteiger partial charge in [-0.05, 0) is 44.6 Å². The number of carboxylic acid groups (broad SMARTS) is 1. The van der Waals surface area contributed by atoms with Crippen LogP contribution in [-0.4, -0.2) is 65.2 Å². The summed E-state index contributed by atoms with van der Waals surface area (Å²) in [5, 5.41) is 9.34. The first kappa shape index (κ1) is 14.3. The largest absolute Gasteiger partial charge is 0.480 e. The van der Waals surface area contributed by atoms with Crippen molar-refractivity contribution in [2.45, 2.75) is 50.1 Å². The summed E-state index contributed by atoms with van der Waals surface area (Å²) in [7, 11) is 0. The molecule has 2 unspecified atom stereocenters. The molecule has 5 heteroatoms. The minimum Gasteiger partial charge on any atom is -0.480 e. The fourth-order valence-electron chi connectivity index (χ4n) is 3.92. The minimum absolute atomic E-state index is 0.154. The van der Waals surface area contributed by atoms with E-state index in [4.69, 9.17) is 5.73 Å². The maximum absolute atomic E-state index is 11.4. The van der Waals surface area contributed by atoms with Crippen LogP contribution < -0.4 is 5.73 Å². The summed E-state index contributed by atoms with van der Waals surface area (Å²) < 4.78 is 0. The van der Waals surface area contributed by atoms with Crippen molar-refractivity contribution in [3.8, 4) is 0 Å². The number of piperazine rings is 1. The first-order valence-corrected chi connectivity index (χ1v) is 8.08. The van der Waals surface area contributed by atoms with Crippen molar-refractivity contribution in [2.75, 3.05) is 32.7 Å². The van der Waals surface area contributed by atoms with Crippen LogP contribution in [0.3, 0.4) is 0 Å². The van der Waals surface area contributed by atoms with E-state index >= 15 is 0 Å². The molecule has 3 N–H and O–H groups in total. The monoisotopic (exact) mass is 281 g/mol. The second kappa shape index (κ2) is 5.62. The first-order chi connectivity index (χ1) is 9.59. The summed E-state index contributed by atoms with van der Waals surface area (Å²) in [6.07, 6.45) is 6.29. The zero-order valence-corrected chi connectivity index (χ0v) is 12.3. The molecule has 1 saturated heterocycles. The Morgan fingerprint density at radius 2 is 1.90 bits per heavy atom. The number of rotatable bonds is 5. The molecule has 0 radical (unpaired) electrons. The molecule has 0 spiro atoms. The van der Waals surface area contributed by atoms with Crippen molar-refractivity contribution in [1.82, 2.24) is 9.80 Å². The van der Waals surface area contributed by atoms with E-state index in [1.54, 1.807) is 0 Å². The SMILES string of the molecule is NC1(C(=O)O)CCCC1CCN1CCN(C2CC2)CC1. The van der Waals surface area contributed by atoms with Crippen molar-refractivity contribution in [3.05, 3.63) is 0 Å². The molecular weight excluding hydrogens is 254 g/mol. The molecule has 0 aromatic rings. The molecule has 5 nitrogen and oxygen atoms in total. The molecule has 1 aliphatic heterocycles. The number of nitrogens with two attached hydrogens (primary N) is 1. The second-order valence-corrected chi connectivity index (χ2v) is 6.83. The van der Waals surface area contributed by atoms with Gasteiger partial charge in [-0.1, -0.05) is 6.42 Å². The predicted octanol–water partition coefficient (Wildman–Crippen LogP) is 0.739. The number of aliphatic carboxylic acids is 1. The molecule has 3 fully saturated rings. The van der Waals surface area contributed by atoms with E-state index in [-0.39, 0.29) is 5.92 Å². The van der Waals surface area contributed by atoms with Crippen molar-refractivity contribution < 1.29 is 9.90 Å². The quantitative estimate of drug-likeness (QED) is 0.778. The van der Waals surface area contributed by atoms with E-state index in [0.29, 0.717) is 6.42 Å². The Morgan fingerprint density at radius 3 is 2.50 bits per heavy atom. The van der Waals surface area contributed by atoms with Crippen LogP contribution in [0.2, 0.25) is 0 Å². The molecule has 2 aliphatic carbocycles. The lowest BCUT2D eigenvalue weighted by Crippen LogP contribution is -2.52. The molecule has 20 heavy (non-hydrogen) atoms. The van der Waals surface area contributed by atoms with E-state index in [1.165, 1.54) is 25.9 Å². The molecule has 0 aromatic heterocycles. The Hall–Kier alpha value is -0.650. The number of carbonyl (C=O) groups is 1. The van der Waals surface area contributed by atoms with Gasteiger partial charge in [-0.25, -0.2) is 0 Å². The molecule has 2 atom stereocenters. The van der Waals surface area contributed by atoms with Gasteiger partial charge in [0.15, 0.2) is 0 Å². The van der Waals surface area contributed by atoms with Crippen LogP contribution in [0.25, 0.3) is 0 Å². The Labute approximate surface area is 121 Å². The van der Waals surface area contributed by atoms with Gasteiger partial charge in [0.25, 0.3) is 0 Å². The average molecular weight is 281 g/mol. The number of hydrogen-bond acceptors (Lipinski definition) is 4. The molecule has 0 bridgehead atoms. The Kier molecular flexibility index (Phi) is 4.02. The van der Waals surface area contributed by atoms with Crippen LogP contribution in [0.5, 0.6) is 0 Å². The third-order valence-corrected chi connectivity index (χ3v) is 5.53. The van der Waals surface area contributed by atoms with Gasteiger partial charge in [0.1, 0.15) is 5.54 Å². The first-order valence-electron chi connectivity index (χ1n) is 8.08. The maximum Gasteiger partial charge on any atom is 0.323 e. The molecule has 1 heterocycles. The fourth-order valence-corrected chi connectivity index (χ4v) is 3.92. The topological polar surface area (TPSA) is 69.8 Å². The van der Waals surface area contributed by atoms with Gasteiger partial charge in [-0.3, -0.25) is 9.69 Å². The minimum atomic E-state index is -0.962. The lowest BCUT2D eigenvalue weighted by molar-refractivity contribution is -0.144. The van der Waals surface area contributed by atoms with Crippen molar-refractivity contribution in [3.63, 3.8) is 0 Å². The highest BCUT2D eigenvalue weighted by molar-refractivity contribution is 5.79. The van der Waals surface area contributed by atoms with E-state index in [9.17, 15) is 9.90 Å². The summed E-state index contributed by atoms with van der Waals surface area (Å²) in [4.78, 5) is 16.5. The number of hydrogen-bond donors (Lipinski definition) is 2. The second-order valence-electron chi connectivity index (χ2n) is 6.83.